The van der Waals surface area contributed by atoms with Gasteiger partial charge in [0.15, 0.2) is 0 Å². The number of para-hydroxylation sites is 1. The van der Waals surface area contributed by atoms with Crippen molar-refractivity contribution < 1.29 is 0 Å². The summed E-state index contributed by atoms with van der Waals surface area (Å²) < 4.78 is 0. The number of nitrogens with two attached hydrogens (primary N) is 1. The third kappa shape index (κ3) is 4.00. The average molecular weight is 370 g/mol. The fourth-order valence-electron chi connectivity index (χ4n) is 2.36. The molecule has 25 heavy (non-hydrogen) atoms. The number of rotatable bonds is 4. The monoisotopic (exact) mass is 369 g/mol. The molecule has 0 spiro atoms. The number of benzene rings is 2. The van der Waals surface area contributed by atoms with Gasteiger partial charge in [0, 0.05) is 22.5 Å². The van der Waals surface area contributed by atoms with E-state index in [1.807, 2.05) is 6.07 Å². The molecule has 7 heteroatoms. The summed E-state index contributed by atoms with van der Waals surface area (Å²) in [6.07, 6.45) is 0.416. The van der Waals surface area contributed by atoms with Crippen LogP contribution >= 0.6 is 23.2 Å². The molecule has 124 valence electrons. The van der Waals surface area contributed by atoms with Crippen molar-refractivity contribution in [2.45, 2.75) is 6.42 Å². The van der Waals surface area contributed by atoms with E-state index in [0.717, 1.165) is 5.56 Å². The molecule has 0 amide bonds. The fraction of sp³-hybridized carbons (Fsp3) is 0.0556. The van der Waals surface area contributed by atoms with Crippen molar-refractivity contribution in [2.24, 2.45) is 0 Å². The molecule has 0 aliphatic rings. The second-order valence-corrected chi connectivity index (χ2v) is 6.08. The normalized spacial score (nSPS) is 10.3. The Morgan fingerprint density at radius 2 is 1.76 bits per heavy atom. The highest BCUT2D eigenvalue weighted by Gasteiger charge is 2.11. The van der Waals surface area contributed by atoms with Crippen LogP contribution in [0, 0.1) is 11.3 Å². The van der Waals surface area contributed by atoms with Crippen LogP contribution in [0.25, 0.3) is 0 Å². The van der Waals surface area contributed by atoms with Crippen LogP contribution < -0.4 is 11.1 Å². The summed E-state index contributed by atoms with van der Waals surface area (Å²) in [6, 6.07) is 16.2. The molecule has 0 bridgehead atoms. The fourth-order valence-corrected chi connectivity index (χ4v) is 2.89. The largest absolute Gasteiger partial charge is 0.384 e. The van der Waals surface area contributed by atoms with E-state index in [1.54, 1.807) is 42.5 Å². The molecule has 0 saturated carbocycles. The minimum absolute atomic E-state index is 0.306. The average Bonchev–Trinajstić information content (AvgIpc) is 2.58. The van der Waals surface area contributed by atoms with E-state index in [1.165, 1.54) is 0 Å². The van der Waals surface area contributed by atoms with E-state index in [-0.39, 0.29) is 0 Å². The molecule has 3 N–H and O–H groups in total. The Bertz CT molecular complexity index is 946. The maximum atomic E-state index is 9.18. The molecule has 0 fully saturated rings. The molecule has 2 aromatic carbocycles. The molecule has 1 heterocycles. The highest BCUT2D eigenvalue weighted by Crippen LogP contribution is 2.27. The van der Waals surface area contributed by atoms with Crippen molar-refractivity contribution in [2.75, 3.05) is 11.1 Å². The molecule has 0 aliphatic carbocycles. The first kappa shape index (κ1) is 17.0. The number of nitrogens with one attached hydrogen (secondary N) is 1. The van der Waals surface area contributed by atoms with E-state index in [2.05, 4.69) is 21.4 Å². The number of halogens is 2. The van der Waals surface area contributed by atoms with Crippen LogP contribution in [0.2, 0.25) is 10.0 Å². The summed E-state index contributed by atoms with van der Waals surface area (Å²) in [5.74, 6) is 0.617. The van der Waals surface area contributed by atoms with Crippen LogP contribution in [0.3, 0.4) is 0 Å². The van der Waals surface area contributed by atoms with Gasteiger partial charge in [-0.15, -0.1) is 0 Å². The van der Waals surface area contributed by atoms with E-state index < -0.39 is 0 Å². The third-order valence-corrected chi connectivity index (χ3v) is 4.22. The van der Waals surface area contributed by atoms with Gasteiger partial charge in [0.1, 0.15) is 11.9 Å². The number of hydrogen-bond donors (Lipinski definition) is 2. The Hall–Kier alpha value is -2.81. The molecule has 0 aliphatic heterocycles. The number of nitriles is 1. The lowest BCUT2D eigenvalue weighted by Crippen LogP contribution is -2.05. The molecular weight excluding hydrogens is 357 g/mol. The highest BCUT2D eigenvalue weighted by molar-refractivity contribution is 6.36. The molecule has 0 radical (unpaired) electrons. The Morgan fingerprint density at radius 3 is 2.48 bits per heavy atom. The Labute approximate surface area is 155 Å². The molecule has 3 aromatic rings. The van der Waals surface area contributed by atoms with Crippen molar-refractivity contribution in [3.05, 3.63) is 75.4 Å². The van der Waals surface area contributed by atoms with Gasteiger partial charge in [-0.05, 0) is 29.8 Å². The molecule has 0 saturated heterocycles. The Kier molecular flexibility index (Phi) is 5.03. The topological polar surface area (TPSA) is 87.6 Å². The maximum absolute atomic E-state index is 9.18. The van der Waals surface area contributed by atoms with Gasteiger partial charge in [-0.3, -0.25) is 0 Å². The minimum atomic E-state index is 0.306. The Morgan fingerprint density at radius 1 is 1.04 bits per heavy atom. The molecule has 0 unspecified atom stereocenters. The van der Waals surface area contributed by atoms with E-state index in [4.69, 9.17) is 28.9 Å². The van der Waals surface area contributed by atoms with Crippen LogP contribution in [0.15, 0.2) is 48.5 Å². The third-order valence-electron chi connectivity index (χ3n) is 3.51. The molecule has 0 atom stereocenters. The summed E-state index contributed by atoms with van der Waals surface area (Å²) in [4.78, 5) is 8.62. The van der Waals surface area contributed by atoms with Gasteiger partial charge in [-0.25, -0.2) is 4.98 Å². The van der Waals surface area contributed by atoms with Gasteiger partial charge in [0.05, 0.1) is 16.9 Å². The minimum Gasteiger partial charge on any atom is -0.384 e. The smallest absolute Gasteiger partial charge is 0.229 e. The molecular formula is C18H13Cl2N5. The first-order valence-electron chi connectivity index (χ1n) is 7.39. The zero-order valence-electron chi connectivity index (χ0n) is 13.0. The van der Waals surface area contributed by atoms with Crippen LogP contribution in [0.5, 0.6) is 0 Å². The first-order chi connectivity index (χ1) is 12.1. The predicted octanol–water partition coefficient (Wildman–Crippen LogP) is 4.57. The number of nitrogen functional groups attached to an aromatic ring is 1. The summed E-state index contributed by atoms with van der Waals surface area (Å²) in [6.45, 7) is 0. The van der Waals surface area contributed by atoms with E-state index in [0.29, 0.717) is 45.2 Å². The molecule has 5 nitrogen and oxygen atoms in total. The van der Waals surface area contributed by atoms with Crippen molar-refractivity contribution in [3.8, 4) is 6.07 Å². The van der Waals surface area contributed by atoms with Crippen LogP contribution in [0.1, 0.15) is 16.8 Å². The molecule has 3 rings (SSSR count). The van der Waals surface area contributed by atoms with Crippen LogP contribution in [-0.4, -0.2) is 9.97 Å². The second-order valence-electron chi connectivity index (χ2n) is 5.27. The van der Waals surface area contributed by atoms with E-state index >= 15 is 0 Å². The zero-order valence-corrected chi connectivity index (χ0v) is 14.5. The van der Waals surface area contributed by atoms with Crippen molar-refractivity contribution in [1.29, 1.82) is 5.26 Å². The predicted molar refractivity (Wildman–Crippen MR) is 100 cm³/mol. The van der Waals surface area contributed by atoms with Gasteiger partial charge in [-0.1, -0.05) is 41.4 Å². The zero-order chi connectivity index (χ0) is 17.8. The summed E-state index contributed by atoms with van der Waals surface area (Å²) in [7, 11) is 0. The van der Waals surface area contributed by atoms with Gasteiger partial charge in [-0.2, -0.15) is 10.2 Å². The van der Waals surface area contributed by atoms with Gasteiger partial charge in [0.2, 0.25) is 5.95 Å². The number of aromatic nitrogens is 2. The maximum Gasteiger partial charge on any atom is 0.229 e. The lowest BCUT2D eigenvalue weighted by Gasteiger charge is -2.10. The number of anilines is 3. The summed E-state index contributed by atoms with van der Waals surface area (Å²) in [5, 5.41) is 13.3. The lowest BCUT2D eigenvalue weighted by atomic mass is 10.1. The van der Waals surface area contributed by atoms with Gasteiger partial charge < -0.3 is 11.1 Å². The van der Waals surface area contributed by atoms with Crippen molar-refractivity contribution in [3.63, 3.8) is 0 Å². The first-order valence-corrected chi connectivity index (χ1v) is 8.15. The van der Waals surface area contributed by atoms with Gasteiger partial charge in [0.25, 0.3) is 0 Å². The number of nitrogens with zero attached hydrogens (tertiary/aromatic N) is 3. The standard InChI is InChI=1S/C18H13Cl2N5/c19-14-5-3-6-15(20)13(14)8-12-9-17(22)25-18(23-12)24-16-7-2-1-4-11(16)10-21/h1-7,9H,8H2,(H3,22,23,24,25). The Balaban J connectivity index is 1.92. The van der Waals surface area contributed by atoms with Crippen LogP contribution in [0.4, 0.5) is 17.5 Å². The quantitative estimate of drug-likeness (QED) is 0.702. The second kappa shape index (κ2) is 7.39. The SMILES string of the molecule is N#Cc1ccccc1Nc1nc(N)cc(Cc2c(Cl)cccc2Cl)n1. The van der Waals surface area contributed by atoms with Crippen molar-refractivity contribution in [1.82, 2.24) is 9.97 Å². The molecule has 1 aromatic heterocycles. The summed E-state index contributed by atoms with van der Waals surface area (Å²) in [5.41, 5.74) is 8.43. The highest BCUT2D eigenvalue weighted by atomic mass is 35.5. The van der Waals surface area contributed by atoms with E-state index in [9.17, 15) is 5.26 Å². The van der Waals surface area contributed by atoms with Crippen molar-refractivity contribution >= 4 is 40.7 Å². The number of hydrogen-bond acceptors (Lipinski definition) is 5. The lowest BCUT2D eigenvalue weighted by molar-refractivity contribution is 1.04. The summed E-state index contributed by atoms with van der Waals surface area (Å²) >= 11 is 12.4. The van der Waals surface area contributed by atoms with Gasteiger partial charge >= 0.3 is 0 Å². The van der Waals surface area contributed by atoms with Crippen LogP contribution in [-0.2, 0) is 6.42 Å².